The lowest BCUT2D eigenvalue weighted by Crippen LogP contribution is -2.26. The Kier molecular flexibility index (Phi) is 15.8. The van der Waals surface area contributed by atoms with E-state index in [9.17, 15) is 9.59 Å². The minimum absolute atomic E-state index is 0.0861. The van der Waals surface area contributed by atoms with Crippen molar-refractivity contribution in [3.05, 3.63) is 76.6 Å². The van der Waals surface area contributed by atoms with Gasteiger partial charge in [0.25, 0.3) is 0 Å². The van der Waals surface area contributed by atoms with Crippen LogP contribution in [-0.4, -0.2) is 64.5 Å². The fourth-order valence-electron chi connectivity index (χ4n) is 4.64. The standard InChI is InChI=1S/C34H45NO4.C2H2O4/c1-6-9-17-31-32(29-24-28(18-19-30(29)39-31)34(37)38-25(4)5)33(36)27-16-12-14-26(23-27)15-13-22-35(20-10-7-2)21-11-8-3;3-1(4)2(5)6/h12-16,18-19,23-25H,6-11,17,20-22H2,1-5H3;(H,3,4)(H,5,6). The van der Waals surface area contributed by atoms with Crippen LogP contribution in [0.3, 0.4) is 0 Å². The number of aryl methyl sites for hydroxylation is 1. The summed E-state index contributed by atoms with van der Waals surface area (Å²) in [5.41, 5.74) is 3.18. The summed E-state index contributed by atoms with van der Waals surface area (Å²) in [5.74, 6) is -3.46. The molecule has 0 bridgehead atoms. The number of furan rings is 1. The molecular weight excluding hydrogens is 574 g/mol. The molecule has 1 aromatic heterocycles. The zero-order valence-electron chi connectivity index (χ0n) is 27.1. The molecule has 9 heteroatoms. The lowest BCUT2D eigenvalue weighted by atomic mass is 9.96. The van der Waals surface area contributed by atoms with Crippen LogP contribution in [0.1, 0.15) is 111 Å². The topological polar surface area (TPSA) is 134 Å². The summed E-state index contributed by atoms with van der Waals surface area (Å²) >= 11 is 0. The third-order valence-electron chi connectivity index (χ3n) is 6.99. The number of fused-ring (bicyclic) bond motifs is 1. The number of hydrogen-bond donors (Lipinski definition) is 2. The molecule has 2 aromatic carbocycles. The van der Waals surface area contributed by atoms with Gasteiger partial charge >= 0.3 is 17.9 Å². The fourth-order valence-corrected chi connectivity index (χ4v) is 4.64. The Morgan fingerprint density at radius 1 is 0.867 bits per heavy atom. The zero-order chi connectivity index (χ0) is 33.4. The number of unbranched alkanes of at least 4 members (excludes halogenated alkanes) is 3. The Balaban J connectivity index is 0.00000107. The Labute approximate surface area is 265 Å². The number of nitrogens with zero attached hydrogens (tertiary/aromatic N) is 1. The highest BCUT2D eigenvalue weighted by Gasteiger charge is 2.23. The normalized spacial score (nSPS) is 11.2. The molecular formula is C36H47NO8. The highest BCUT2D eigenvalue weighted by molar-refractivity contribution is 6.27. The zero-order valence-corrected chi connectivity index (χ0v) is 27.1. The first-order chi connectivity index (χ1) is 21.5. The number of ether oxygens (including phenoxy) is 1. The quantitative estimate of drug-likeness (QED) is 0.0939. The summed E-state index contributed by atoms with van der Waals surface area (Å²) in [6.45, 7) is 13.3. The fraction of sp³-hybridized carbons (Fsp3) is 0.444. The number of carbonyl (C=O) groups excluding carboxylic acids is 2. The third-order valence-corrected chi connectivity index (χ3v) is 6.99. The van der Waals surface area contributed by atoms with Crippen molar-refractivity contribution in [3.63, 3.8) is 0 Å². The maximum Gasteiger partial charge on any atom is 0.414 e. The van der Waals surface area contributed by atoms with E-state index in [1.54, 1.807) is 18.2 Å². The van der Waals surface area contributed by atoms with Gasteiger partial charge in [-0.2, -0.15) is 0 Å². The third kappa shape index (κ3) is 12.0. The van der Waals surface area contributed by atoms with Gasteiger partial charge in [-0.1, -0.05) is 70.4 Å². The second kappa shape index (κ2) is 19.2. The first-order valence-corrected chi connectivity index (χ1v) is 15.8. The van der Waals surface area contributed by atoms with E-state index in [0.717, 1.165) is 38.0 Å². The van der Waals surface area contributed by atoms with Gasteiger partial charge in [0.05, 0.1) is 17.2 Å². The summed E-state index contributed by atoms with van der Waals surface area (Å²) < 4.78 is 11.5. The number of benzene rings is 2. The van der Waals surface area contributed by atoms with Crippen molar-refractivity contribution in [2.45, 2.75) is 85.7 Å². The molecule has 0 fully saturated rings. The summed E-state index contributed by atoms with van der Waals surface area (Å²) in [4.78, 5) is 47.2. The van der Waals surface area contributed by atoms with E-state index in [2.05, 4.69) is 37.8 Å². The van der Waals surface area contributed by atoms with Crippen LogP contribution in [0.2, 0.25) is 0 Å². The highest BCUT2D eigenvalue weighted by Crippen LogP contribution is 2.31. The van der Waals surface area contributed by atoms with Crippen molar-refractivity contribution in [2.24, 2.45) is 0 Å². The molecule has 0 radical (unpaired) electrons. The van der Waals surface area contributed by atoms with Crippen LogP contribution in [-0.2, 0) is 20.7 Å². The molecule has 0 amide bonds. The number of esters is 1. The molecule has 0 saturated heterocycles. The van der Waals surface area contributed by atoms with Gasteiger partial charge in [0.2, 0.25) is 0 Å². The van der Waals surface area contributed by atoms with Crippen molar-refractivity contribution in [3.8, 4) is 0 Å². The average Bonchev–Trinajstić information content (AvgIpc) is 3.38. The molecule has 0 spiro atoms. The first kappa shape index (κ1) is 36.9. The maximum atomic E-state index is 13.9. The number of hydrogen-bond acceptors (Lipinski definition) is 7. The average molecular weight is 622 g/mol. The van der Waals surface area contributed by atoms with Gasteiger partial charge in [0, 0.05) is 23.9 Å². The maximum absolute atomic E-state index is 13.9. The van der Waals surface area contributed by atoms with E-state index >= 15 is 0 Å². The second-order valence-corrected chi connectivity index (χ2v) is 11.1. The molecule has 0 unspecified atom stereocenters. The highest BCUT2D eigenvalue weighted by atomic mass is 16.5. The summed E-state index contributed by atoms with van der Waals surface area (Å²) in [6.07, 6.45) is 11.5. The molecule has 0 aliphatic rings. The number of ketones is 1. The molecule has 0 aliphatic heterocycles. The first-order valence-electron chi connectivity index (χ1n) is 15.8. The summed E-state index contributed by atoms with van der Waals surface area (Å²) in [5, 5.41) is 15.4. The minimum Gasteiger partial charge on any atom is -0.473 e. The molecule has 244 valence electrons. The van der Waals surface area contributed by atoms with Crippen LogP contribution in [0.15, 0.2) is 53.0 Å². The van der Waals surface area contributed by atoms with Crippen LogP contribution < -0.4 is 0 Å². The lowest BCUT2D eigenvalue weighted by Gasteiger charge is -2.19. The molecule has 0 aliphatic carbocycles. The van der Waals surface area contributed by atoms with Crippen LogP contribution in [0.25, 0.3) is 17.0 Å². The summed E-state index contributed by atoms with van der Waals surface area (Å²) in [7, 11) is 0. The molecule has 1 heterocycles. The van der Waals surface area contributed by atoms with E-state index < -0.39 is 17.9 Å². The van der Waals surface area contributed by atoms with Gasteiger partial charge in [-0.05, 0) is 76.0 Å². The molecule has 9 nitrogen and oxygen atoms in total. The van der Waals surface area contributed by atoms with E-state index in [0.29, 0.717) is 39.8 Å². The van der Waals surface area contributed by atoms with Crippen LogP contribution >= 0.6 is 0 Å². The Hall–Kier alpha value is -4.24. The van der Waals surface area contributed by atoms with Crippen LogP contribution in [0.5, 0.6) is 0 Å². The van der Waals surface area contributed by atoms with Gasteiger partial charge in [-0.15, -0.1) is 0 Å². The van der Waals surface area contributed by atoms with Gasteiger partial charge in [0.1, 0.15) is 11.3 Å². The van der Waals surface area contributed by atoms with E-state index in [1.807, 2.05) is 38.1 Å². The van der Waals surface area contributed by atoms with Crippen LogP contribution in [0.4, 0.5) is 0 Å². The molecule has 3 aromatic rings. The SMILES string of the molecule is CCCCc1oc2ccc(C(=O)OC(C)C)cc2c1C(=O)c1cccc(C=CCN(CCCC)CCCC)c1.O=C(O)C(=O)O. The number of aliphatic carboxylic acids is 2. The molecule has 3 rings (SSSR count). The van der Waals surface area contributed by atoms with Crippen molar-refractivity contribution < 1.29 is 38.5 Å². The summed E-state index contributed by atoms with van der Waals surface area (Å²) in [6, 6.07) is 13.0. The van der Waals surface area contributed by atoms with Gasteiger partial charge in [-0.3, -0.25) is 9.69 Å². The number of carboxylic acid groups (broad SMARTS) is 2. The predicted molar refractivity (Wildman–Crippen MR) is 176 cm³/mol. The largest absolute Gasteiger partial charge is 0.473 e. The van der Waals surface area contributed by atoms with Crippen LogP contribution in [0, 0.1) is 0 Å². The minimum atomic E-state index is -1.82. The van der Waals surface area contributed by atoms with Crippen molar-refractivity contribution in [1.82, 2.24) is 4.90 Å². The lowest BCUT2D eigenvalue weighted by molar-refractivity contribution is -0.159. The van der Waals surface area contributed by atoms with E-state index in [4.69, 9.17) is 29.0 Å². The predicted octanol–water partition coefficient (Wildman–Crippen LogP) is 7.64. The van der Waals surface area contributed by atoms with E-state index in [-0.39, 0.29) is 11.9 Å². The number of carboxylic acids is 2. The molecule has 0 saturated carbocycles. The second-order valence-electron chi connectivity index (χ2n) is 11.1. The Bertz CT molecular complexity index is 1430. The van der Waals surface area contributed by atoms with Crippen molar-refractivity contribution in [1.29, 1.82) is 0 Å². The molecule has 0 atom stereocenters. The van der Waals surface area contributed by atoms with Crippen molar-refractivity contribution in [2.75, 3.05) is 19.6 Å². The monoisotopic (exact) mass is 621 g/mol. The van der Waals surface area contributed by atoms with Crippen molar-refractivity contribution >= 4 is 40.7 Å². The van der Waals surface area contributed by atoms with Gasteiger partial charge in [0.15, 0.2) is 5.78 Å². The Morgan fingerprint density at radius 2 is 1.51 bits per heavy atom. The van der Waals surface area contributed by atoms with E-state index in [1.165, 1.54) is 25.7 Å². The molecule has 2 N–H and O–H groups in total. The van der Waals surface area contributed by atoms with Gasteiger partial charge in [-0.25, -0.2) is 14.4 Å². The van der Waals surface area contributed by atoms with Gasteiger partial charge < -0.3 is 19.4 Å². The Morgan fingerprint density at radius 3 is 2.09 bits per heavy atom. The molecule has 45 heavy (non-hydrogen) atoms. The number of rotatable bonds is 16. The number of carbonyl (C=O) groups is 4. The smallest absolute Gasteiger partial charge is 0.414 e.